The van der Waals surface area contributed by atoms with Crippen molar-refractivity contribution in [1.29, 1.82) is 0 Å². The second-order valence-electron chi connectivity index (χ2n) is 4.72. The first-order chi connectivity index (χ1) is 9.76. The van der Waals surface area contributed by atoms with Gasteiger partial charge in [0.1, 0.15) is 11.9 Å². The molecule has 0 fully saturated rings. The lowest BCUT2D eigenvalue weighted by Gasteiger charge is -2.31. The Hall–Kier alpha value is -0.680. The zero-order chi connectivity index (χ0) is 13.9. The summed E-state index contributed by atoms with van der Waals surface area (Å²) in [5.74, 6) is 1.97. The number of likely N-dealkylation sites (N-methyl/N-ethyl adjacent to an activating group) is 1. The highest BCUT2D eigenvalue weighted by molar-refractivity contribution is 7.99. The van der Waals surface area contributed by atoms with Gasteiger partial charge in [-0.15, -0.1) is 23.1 Å². The van der Waals surface area contributed by atoms with Gasteiger partial charge in [0.2, 0.25) is 0 Å². The molecule has 1 aliphatic heterocycles. The van der Waals surface area contributed by atoms with Crippen LogP contribution in [0, 0.1) is 0 Å². The zero-order valence-corrected chi connectivity index (χ0v) is 13.5. The van der Waals surface area contributed by atoms with Crippen molar-refractivity contribution in [2.75, 3.05) is 12.8 Å². The Morgan fingerprint density at radius 2 is 2.20 bits per heavy atom. The molecular formula is C15H16ClNOS2. The van der Waals surface area contributed by atoms with Gasteiger partial charge in [0.25, 0.3) is 0 Å². The molecule has 0 aliphatic carbocycles. The van der Waals surface area contributed by atoms with Gasteiger partial charge in [0.05, 0.1) is 4.34 Å². The summed E-state index contributed by atoms with van der Waals surface area (Å²) in [6.07, 6.45) is 1.13. The maximum atomic E-state index is 6.15. The molecule has 106 valence electrons. The Kier molecular flexibility index (Phi) is 4.56. The summed E-state index contributed by atoms with van der Waals surface area (Å²) in [5, 5.41) is 3.39. The largest absolute Gasteiger partial charge is 0.487 e. The van der Waals surface area contributed by atoms with Crippen molar-refractivity contribution in [2.24, 2.45) is 0 Å². The molecule has 0 bridgehead atoms. The Balaban J connectivity index is 1.71. The van der Waals surface area contributed by atoms with Gasteiger partial charge in [-0.3, -0.25) is 0 Å². The molecule has 0 saturated carbocycles. The molecule has 1 N–H and O–H groups in total. The van der Waals surface area contributed by atoms with E-state index >= 15 is 0 Å². The van der Waals surface area contributed by atoms with E-state index in [1.807, 2.05) is 37.0 Å². The molecule has 0 radical (unpaired) electrons. The summed E-state index contributed by atoms with van der Waals surface area (Å²) in [6, 6.07) is 12.6. The van der Waals surface area contributed by atoms with Gasteiger partial charge in [0, 0.05) is 28.0 Å². The molecule has 2 atom stereocenters. The smallest absolute Gasteiger partial charge is 0.133 e. The predicted molar refractivity (Wildman–Crippen MR) is 87.5 cm³/mol. The average Bonchev–Trinajstić information content (AvgIpc) is 2.89. The molecule has 2 unspecified atom stereocenters. The molecule has 5 heteroatoms. The maximum absolute atomic E-state index is 6.15. The minimum absolute atomic E-state index is 0.181. The Labute approximate surface area is 132 Å². The molecule has 1 aliphatic rings. The van der Waals surface area contributed by atoms with Crippen LogP contribution in [0.3, 0.4) is 0 Å². The molecule has 0 saturated heterocycles. The van der Waals surface area contributed by atoms with Crippen LogP contribution in [-0.4, -0.2) is 24.9 Å². The van der Waals surface area contributed by atoms with Gasteiger partial charge in [-0.05, 0) is 31.3 Å². The summed E-state index contributed by atoms with van der Waals surface area (Å²) < 4.78 is 7.00. The Morgan fingerprint density at radius 3 is 2.95 bits per heavy atom. The van der Waals surface area contributed by atoms with Crippen LogP contribution in [0.5, 0.6) is 5.75 Å². The van der Waals surface area contributed by atoms with Crippen LogP contribution < -0.4 is 10.1 Å². The van der Waals surface area contributed by atoms with Crippen molar-refractivity contribution in [2.45, 2.75) is 23.5 Å². The normalized spacial score (nSPS) is 19.2. The molecule has 0 amide bonds. The number of nitrogens with one attached hydrogen (secondary N) is 1. The van der Waals surface area contributed by atoms with Crippen LogP contribution in [0.15, 0.2) is 41.3 Å². The van der Waals surface area contributed by atoms with E-state index in [0.717, 1.165) is 22.3 Å². The molecule has 3 rings (SSSR count). The summed E-state index contributed by atoms with van der Waals surface area (Å²) in [4.78, 5) is 2.53. The van der Waals surface area contributed by atoms with Crippen LogP contribution in [0.25, 0.3) is 0 Å². The number of halogens is 1. The molecule has 20 heavy (non-hydrogen) atoms. The number of hydrogen-bond donors (Lipinski definition) is 1. The third kappa shape index (κ3) is 3.14. The van der Waals surface area contributed by atoms with Gasteiger partial charge in [-0.1, -0.05) is 23.7 Å². The van der Waals surface area contributed by atoms with E-state index in [9.17, 15) is 0 Å². The van der Waals surface area contributed by atoms with E-state index in [2.05, 4.69) is 23.5 Å². The van der Waals surface area contributed by atoms with Crippen molar-refractivity contribution in [3.63, 3.8) is 0 Å². The van der Waals surface area contributed by atoms with Crippen molar-refractivity contribution in [3.05, 3.63) is 45.6 Å². The monoisotopic (exact) mass is 325 g/mol. The van der Waals surface area contributed by atoms with E-state index in [4.69, 9.17) is 16.3 Å². The summed E-state index contributed by atoms with van der Waals surface area (Å²) in [6.45, 7) is 0. The average molecular weight is 326 g/mol. The summed E-state index contributed by atoms with van der Waals surface area (Å²) in [7, 11) is 1.99. The maximum Gasteiger partial charge on any atom is 0.133 e. The van der Waals surface area contributed by atoms with Crippen LogP contribution in [0.2, 0.25) is 4.34 Å². The lowest BCUT2D eigenvalue weighted by atomic mass is 10.1. The topological polar surface area (TPSA) is 21.3 Å². The predicted octanol–water partition coefficient (Wildman–Crippen LogP) is 4.09. The first-order valence-electron chi connectivity index (χ1n) is 6.56. The Bertz CT molecular complexity index is 587. The number of rotatable bonds is 4. The number of thiophene rings is 1. The molecule has 1 aromatic heterocycles. The fourth-order valence-electron chi connectivity index (χ4n) is 2.33. The number of para-hydroxylation sites is 1. The lowest BCUT2D eigenvalue weighted by molar-refractivity contribution is 0.170. The summed E-state index contributed by atoms with van der Waals surface area (Å²) >= 11 is 9.52. The fraction of sp³-hybridized carbons (Fsp3) is 0.333. The molecular weight excluding hydrogens is 310 g/mol. The number of ether oxygens (including phenoxy) is 1. The van der Waals surface area contributed by atoms with Gasteiger partial charge < -0.3 is 10.1 Å². The third-order valence-electron chi connectivity index (χ3n) is 3.40. The van der Waals surface area contributed by atoms with E-state index in [1.54, 1.807) is 11.3 Å². The van der Waals surface area contributed by atoms with E-state index in [0.29, 0.717) is 6.04 Å². The molecule has 2 heterocycles. The molecule has 2 nitrogen and oxygen atoms in total. The van der Waals surface area contributed by atoms with Crippen LogP contribution in [0.4, 0.5) is 0 Å². The zero-order valence-electron chi connectivity index (χ0n) is 11.1. The number of hydrogen-bond acceptors (Lipinski definition) is 4. The van der Waals surface area contributed by atoms with Crippen LogP contribution in [0.1, 0.15) is 4.88 Å². The minimum atomic E-state index is 0.181. The third-order valence-corrected chi connectivity index (χ3v) is 5.80. The van der Waals surface area contributed by atoms with Gasteiger partial charge in [-0.25, -0.2) is 0 Å². The fourth-order valence-corrected chi connectivity index (χ4v) is 4.55. The van der Waals surface area contributed by atoms with Crippen molar-refractivity contribution in [1.82, 2.24) is 5.32 Å². The van der Waals surface area contributed by atoms with Gasteiger partial charge in [-0.2, -0.15) is 0 Å². The number of thioether (sulfide) groups is 1. The van der Waals surface area contributed by atoms with E-state index < -0.39 is 0 Å². The molecule has 1 aromatic carbocycles. The highest BCUT2D eigenvalue weighted by Crippen LogP contribution is 2.36. The van der Waals surface area contributed by atoms with Gasteiger partial charge in [0.15, 0.2) is 0 Å². The Morgan fingerprint density at radius 1 is 1.35 bits per heavy atom. The minimum Gasteiger partial charge on any atom is -0.487 e. The molecule has 0 spiro atoms. The van der Waals surface area contributed by atoms with Crippen molar-refractivity contribution < 1.29 is 4.74 Å². The van der Waals surface area contributed by atoms with E-state index in [1.165, 1.54) is 9.77 Å². The van der Waals surface area contributed by atoms with Crippen molar-refractivity contribution >= 4 is 34.7 Å². The second-order valence-corrected chi connectivity index (χ2v) is 7.58. The van der Waals surface area contributed by atoms with Crippen molar-refractivity contribution in [3.8, 4) is 5.75 Å². The first-order valence-corrected chi connectivity index (χ1v) is 8.74. The lowest BCUT2D eigenvalue weighted by Crippen LogP contribution is -2.45. The number of benzene rings is 1. The number of fused-ring (bicyclic) bond motifs is 1. The summed E-state index contributed by atoms with van der Waals surface area (Å²) in [5.41, 5.74) is 0. The first kappa shape index (κ1) is 14.3. The standard InChI is InChI=1S/C15H16ClNOS2/c1-17-11(8-10-6-7-15(16)20-10)13-9-19-14-5-3-2-4-12(14)18-13/h2-7,11,13,17H,8-9H2,1H3. The highest BCUT2D eigenvalue weighted by atomic mass is 35.5. The van der Waals surface area contributed by atoms with Crippen LogP contribution >= 0.6 is 34.7 Å². The SMILES string of the molecule is CNC(Cc1ccc(Cl)s1)C1CSc2ccccc2O1. The van der Waals surface area contributed by atoms with Gasteiger partial charge >= 0.3 is 0 Å². The van der Waals surface area contributed by atoms with E-state index in [-0.39, 0.29) is 6.10 Å². The quantitative estimate of drug-likeness (QED) is 0.915. The second kappa shape index (κ2) is 6.39. The van der Waals surface area contributed by atoms with Crippen LogP contribution in [-0.2, 0) is 6.42 Å². The highest BCUT2D eigenvalue weighted by Gasteiger charge is 2.27. The molecule has 2 aromatic rings.